The number of amides is 2. The van der Waals surface area contributed by atoms with Gasteiger partial charge >= 0.3 is 0 Å². The lowest BCUT2D eigenvalue weighted by Crippen LogP contribution is -2.56. The highest BCUT2D eigenvalue weighted by atomic mass is 35.5. The SMILES string of the molecule is CC(C)CC(N)c1ccccc1N1CCN(C(=O)C(Cc2ccc(Cl)cc2Cl)N2CCCC2=O)CC1. The van der Waals surface area contributed by atoms with Crippen LogP contribution in [0.3, 0.4) is 0 Å². The lowest BCUT2D eigenvalue weighted by Gasteiger charge is -2.40. The van der Waals surface area contributed by atoms with E-state index in [-0.39, 0.29) is 17.9 Å². The van der Waals surface area contributed by atoms with Crippen molar-refractivity contribution in [2.45, 2.75) is 51.6 Å². The number of hydrogen-bond acceptors (Lipinski definition) is 4. The fourth-order valence-corrected chi connectivity index (χ4v) is 5.81. The third-order valence-electron chi connectivity index (χ3n) is 7.19. The van der Waals surface area contributed by atoms with Crippen LogP contribution in [-0.2, 0) is 16.0 Å². The molecule has 6 nitrogen and oxygen atoms in total. The van der Waals surface area contributed by atoms with Crippen LogP contribution in [0.15, 0.2) is 42.5 Å². The summed E-state index contributed by atoms with van der Waals surface area (Å²) < 4.78 is 0. The Bertz CT molecular complexity index is 1080. The first-order valence-corrected chi connectivity index (χ1v) is 13.6. The highest BCUT2D eigenvalue weighted by Gasteiger charge is 2.37. The number of piperazine rings is 1. The van der Waals surface area contributed by atoms with E-state index >= 15 is 0 Å². The molecule has 0 bridgehead atoms. The number of nitrogens with zero attached hydrogens (tertiary/aromatic N) is 3. The molecule has 0 saturated carbocycles. The van der Waals surface area contributed by atoms with E-state index in [1.165, 1.54) is 0 Å². The van der Waals surface area contributed by atoms with Gasteiger partial charge in [-0.1, -0.05) is 61.3 Å². The smallest absolute Gasteiger partial charge is 0.245 e. The molecule has 36 heavy (non-hydrogen) atoms. The number of likely N-dealkylation sites (tertiary alicyclic amines) is 1. The monoisotopic (exact) mass is 530 g/mol. The van der Waals surface area contributed by atoms with E-state index in [1.54, 1.807) is 17.0 Å². The summed E-state index contributed by atoms with van der Waals surface area (Å²) in [6, 6.07) is 13.1. The second-order valence-electron chi connectivity index (χ2n) is 10.3. The number of halogens is 2. The Morgan fingerprint density at radius 2 is 1.75 bits per heavy atom. The Morgan fingerprint density at radius 3 is 2.39 bits per heavy atom. The highest BCUT2D eigenvalue weighted by molar-refractivity contribution is 6.35. The van der Waals surface area contributed by atoms with E-state index in [0.29, 0.717) is 48.4 Å². The van der Waals surface area contributed by atoms with Crippen LogP contribution in [0.4, 0.5) is 5.69 Å². The van der Waals surface area contributed by atoms with Gasteiger partial charge in [0.2, 0.25) is 11.8 Å². The van der Waals surface area contributed by atoms with E-state index < -0.39 is 6.04 Å². The zero-order valence-corrected chi connectivity index (χ0v) is 22.6. The van der Waals surface area contributed by atoms with Gasteiger partial charge in [0, 0.05) is 67.3 Å². The van der Waals surface area contributed by atoms with Gasteiger partial charge in [0.05, 0.1) is 0 Å². The fourth-order valence-electron chi connectivity index (χ4n) is 5.33. The molecule has 2 aliphatic rings. The number of anilines is 1. The molecule has 2 aromatic carbocycles. The van der Waals surface area contributed by atoms with Crippen molar-refractivity contribution < 1.29 is 9.59 Å². The average Bonchev–Trinajstić information content (AvgIpc) is 3.28. The van der Waals surface area contributed by atoms with Crippen LogP contribution in [-0.4, -0.2) is 60.4 Å². The Balaban J connectivity index is 1.48. The molecular weight excluding hydrogens is 495 g/mol. The van der Waals surface area contributed by atoms with Gasteiger partial charge < -0.3 is 20.4 Å². The van der Waals surface area contributed by atoms with Gasteiger partial charge in [0.25, 0.3) is 0 Å². The predicted molar refractivity (Wildman–Crippen MR) is 147 cm³/mol. The lowest BCUT2D eigenvalue weighted by atomic mass is 9.96. The second kappa shape index (κ2) is 11.8. The van der Waals surface area contributed by atoms with Gasteiger partial charge in [-0.3, -0.25) is 9.59 Å². The molecule has 2 aromatic rings. The number of carbonyl (C=O) groups is 2. The molecule has 2 aliphatic heterocycles. The summed E-state index contributed by atoms with van der Waals surface area (Å²) in [6.07, 6.45) is 2.57. The highest BCUT2D eigenvalue weighted by Crippen LogP contribution is 2.30. The molecule has 4 rings (SSSR count). The van der Waals surface area contributed by atoms with Crippen molar-refractivity contribution >= 4 is 40.7 Å². The number of carbonyl (C=O) groups excluding carboxylic acids is 2. The molecule has 2 heterocycles. The van der Waals surface area contributed by atoms with Crippen molar-refractivity contribution in [3.63, 3.8) is 0 Å². The average molecular weight is 532 g/mol. The minimum absolute atomic E-state index is 0.0132. The van der Waals surface area contributed by atoms with Crippen molar-refractivity contribution in [2.24, 2.45) is 11.7 Å². The van der Waals surface area contributed by atoms with Crippen LogP contribution in [0.2, 0.25) is 10.0 Å². The molecule has 2 saturated heterocycles. The summed E-state index contributed by atoms with van der Waals surface area (Å²) >= 11 is 12.5. The minimum Gasteiger partial charge on any atom is -0.368 e. The molecule has 2 N–H and O–H groups in total. The van der Waals surface area contributed by atoms with Crippen molar-refractivity contribution in [1.29, 1.82) is 0 Å². The van der Waals surface area contributed by atoms with Gasteiger partial charge in [-0.25, -0.2) is 0 Å². The van der Waals surface area contributed by atoms with Gasteiger partial charge in [0.1, 0.15) is 6.04 Å². The second-order valence-corrected chi connectivity index (χ2v) is 11.1. The van der Waals surface area contributed by atoms with E-state index in [2.05, 4.69) is 30.9 Å². The Kier molecular flexibility index (Phi) is 8.81. The first-order chi connectivity index (χ1) is 17.2. The minimum atomic E-state index is -0.558. The molecule has 0 aromatic heterocycles. The molecule has 2 atom stereocenters. The third-order valence-corrected chi connectivity index (χ3v) is 7.78. The summed E-state index contributed by atoms with van der Waals surface area (Å²) in [4.78, 5) is 32.4. The molecular formula is C28H36Cl2N4O2. The topological polar surface area (TPSA) is 69.9 Å². The summed E-state index contributed by atoms with van der Waals surface area (Å²) in [7, 11) is 0. The van der Waals surface area contributed by atoms with Gasteiger partial charge in [-0.05, 0) is 48.1 Å². The van der Waals surface area contributed by atoms with Crippen LogP contribution < -0.4 is 10.6 Å². The Labute approximate surface area is 224 Å². The molecule has 2 fully saturated rings. The van der Waals surface area contributed by atoms with Crippen molar-refractivity contribution in [3.05, 3.63) is 63.6 Å². The Hall–Kier alpha value is -2.28. The van der Waals surface area contributed by atoms with Gasteiger partial charge in [0.15, 0.2) is 0 Å². The molecule has 0 radical (unpaired) electrons. The summed E-state index contributed by atoms with van der Waals surface area (Å²) in [5.41, 5.74) is 9.68. The first-order valence-electron chi connectivity index (χ1n) is 12.9. The standard InChI is InChI=1S/C28H36Cl2N4O2/c1-19(2)16-24(31)22-6-3-4-7-25(22)32-12-14-33(15-13-32)28(36)26(34-11-5-8-27(34)35)17-20-9-10-21(29)18-23(20)30/h3-4,6-7,9-10,18-19,24,26H,5,8,11-17,31H2,1-2H3. The Morgan fingerprint density at radius 1 is 1.03 bits per heavy atom. The van der Waals surface area contributed by atoms with Crippen LogP contribution in [0, 0.1) is 5.92 Å². The summed E-state index contributed by atoms with van der Waals surface area (Å²) in [5.74, 6) is 0.535. The maximum absolute atomic E-state index is 13.8. The lowest BCUT2D eigenvalue weighted by molar-refractivity contribution is -0.143. The number of rotatable bonds is 8. The molecule has 8 heteroatoms. The summed E-state index contributed by atoms with van der Waals surface area (Å²) in [6.45, 7) is 7.61. The maximum atomic E-state index is 13.8. The van der Waals surface area contributed by atoms with Gasteiger partial charge in [-0.15, -0.1) is 0 Å². The van der Waals surface area contributed by atoms with E-state index in [4.69, 9.17) is 28.9 Å². The van der Waals surface area contributed by atoms with Crippen LogP contribution in [0.1, 0.15) is 50.3 Å². The van der Waals surface area contributed by atoms with Gasteiger partial charge in [-0.2, -0.15) is 0 Å². The normalized spacial score (nSPS) is 18.2. The number of hydrogen-bond donors (Lipinski definition) is 1. The molecule has 2 unspecified atom stereocenters. The van der Waals surface area contributed by atoms with E-state index in [1.807, 2.05) is 23.1 Å². The molecule has 194 valence electrons. The molecule has 0 aliphatic carbocycles. The molecule has 2 amide bonds. The number of nitrogens with two attached hydrogens (primary N) is 1. The molecule has 0 spiro atoms. The zero-order valence-electron chi connectivity index (χ0n) is 21.1. The largest absolute Gasteiger partial charge is 0.368 e. The van der Waals surface area contributed by atoms with Crippen LogP contribution in [0.25, 0.3) is 0 Å². The van der Waals surface area contributed by atoms with E-state index in [9.17, 15) is 9.59 Å². The fraction of sp³-hybridized carbons (Fsp3) is 0.500. The summed E-state index contributed by atoms with van der Waals surface area (Å²) in [5, 5.41) is 1.07. The van der Waals surface area contributed by atoms with Crippen molar-refractivity contribution in [3.8, 4) is 0 Å². The number of para-hydroxylation sites is 1. The third kappa shape index (κ3) is 6.16. The quantitative estimate of drug-likeness (QED) is 0.525. The van der Waals surface area contributed by atoms with Crippen LogP contribution >= 0.6 is 23.2 Å². The van der Waals surface area contributed by atoms with Crippen molar-refractivity contribution in [1.82, 2.24) is 9.80 Å². The van der Waals surface area contributed by atoms with Crippen molar-refractivity contribution in [2.75, 3.05) is 37.6 Å². The van der Waals surface area contributed by atoms with Crippen LogP contribution in [0.5, 0.6) is 0 Å². The first kappa shape index (κ1) is 26.8. The zero-order chi connectivity index (χ0) is 25.8. The maximum Gasteiger partial charge on any atom is 0.245 e. The van der Waals surface area contributed by atoms with E-state index in [0.717, 1.165) is 42.7 Å². The number of benzene rings is 2. The predicted octanol–water partition coefficient (Wildman–Crippen LogP) is 4.92.